The maximum Gasteiger partial charge on any atom is 0.335 e. The predicted molar refractivity (Wildman–Crippen MR) is 106 cm³/mol. The number of unbranched alkanes of at least 4 members (excludes halogenated alkanes) is 2. The minimum Gasteiger partial charge on any atom is -0.478 e. The van der Waals surface area contributed by atoms with Gasteiger partial charge in [0, 0.05) is 13.0 Å². The van der Waals surface area contributed by atoms with Gasteiger partial charge >= 0.3 is 5.97 Å². The lowest BCUT2D eigenvalue weighted by Gasteiger charge is -2.24. The Hall–Kier alpha value is -2.14. The van der Waals surface area contributed by atoms with Gasteiger partial charge in [0.2, 0.25) is 5.91 Å². The molecule has 1 fully saturated rings. The summed E-state index contributed by atoms with van der Waals surface area (Å²) < 4.78 is 0. The Morgan fingerprint density at radius 1 is 1.30 bits per heavy atom. The SMILES string of the molecule is CCCCCC(C)(O)C=CC1CCC(=O)N1CCc1ccc(C(=O)O)cc1. The molecule has 27 heavy (non-hydrogen) atoms. The molecule has 2 atom stereocenters. The van der Waals surface area contributed by atoms with Gasteiger partial charge < -0.3 is 15.1 Å². The first-order valence-corrected chi connectivity index (χ1v) is 9.86. The van der Waals surface area contributed by atoms with E-state index in [0.29, 0.717) is 19.4 Å². The molecule has 1 aliphatic heterocycles. The van der Waals surface area contributed by atoms with Crippen LogP contribution in [0.5, 0.6) is 0 Å². The van der Waals surface area contributed by atoms with Gasteiger partial charge in [-0.2, -0.15) is 0 Å². The summed E-state index contributed by atoms with van der Waals surface area (Å²) in [5.74, 6) is -0.801. The number of likely N-dealkylation sites (tertiary alicyclic amines) is 1. The van der Waals surface area contributed by atoms with Crippen LogP contribution in [-0.2, 0) is 11.2 Å². The standard InChI is InChI=1S/C22H31NO4/c1-3-4-5-14-22(2,27)15-12-19-10-11-20(24)23(19)16-13-17-6-8-18(9-7-17)21(25)26/h6-9,12,15,19,27H,3-5,10-11,13-14,16H2,1-2H3,(H,25,26). The molecule has 1 aliphatic rings. The third-order valence-electron chi connectivity index (χ3n) is 5.18. The van der Waals surface area contributed by atoms with Gasteiger partial charge in [-0.05, 0) is 43.9 Å². The topological polar surface area (TPSA) is 77.8 Å². The molecule has 2 N–H and O–H groups in total. The van der Waals surface area contributed by atoms with Gasteiger partial charge in [-0.15, -0.1) is 0 Å². The number of benzene rings is 1. The number of hydrogen-bond donors (Lipinski definition) is 2. The molecule has 5 heteroatoms. The fourth-order valence-corrected chi connectivity index (χ4v) is 3.44. The smallest absolute Gasteiger partial charge is 0.335 e. The summed E-state index contributed by atoms with van der Waals surface area (Å²) in [5, 5.41) is 19.5. The highest BCUT2D eigenvalue weighted by Gasteiger charge is 2.29. The normalized spacial score (nSPS) is 19.6. The van der Waals surface area contributed by atoms with Crippen LogP contribution in [0.2, 0.25) is 0 Å². The molecule has 1 amide bonds. The molecule has 0 saturated carbocycles. The lowest BCUT2D eigenvalue weighted by molar-refractivity contribution is -0.128. The zero-order chi connectivity index (χ0) is 19.9. The first-order chi connectivity index (χ1) is 12.8. The fourth-order valence-electron chi connectivity index (χ4n) is 3.44. The lowest BCUT2D eigenvalue weighted by Crippen LogP contribution is -2.34. The average molecular weight is 373 g/mol. The molecule has 2 unspecified atom stereocenters. The second kappa shape index (κ2) is 9.70. The third-order valence-corrected chi connectivity index (χ3v) is 5.18. The van der Waals surface area contributed by atoms with E-state index in [-0.39, 0.29) is 17.5 Å². The quantitative estimate of drug-likeness (QED) is 0.483. The van der Waals surface area contributed by atoms with E-state index in [9.17, 15) is 14.7 Å². The summed E-state index contributed by atoms with van der Waals surface area (Å²) in [7, 11) is 0. The summed E-state index contributed by atoms with van der Waals surface area (Å²) in [6, 6.07) is 6.80. The van der Waals surface area contributed by atoms with Gasteiger partial charge in [-0.3, -0.25) is 4.79 Å². The molecule has 5 nitrogen and oxygen atoms in total. The largest absolute Gasteiger partial charge is 0.478 e. The van der Waals surface area contributed by atoms with Crippen molar-refractivity contribution in [2.45, 2.75) is 70.4 Å². The lowest BCUT2D eigenvalue weighted by atomic mass is 9.97. The van der Waals surface area contributed by atoms with Gasteiger partial charge in [0.15, 0.2) is 0 Å². The van der Waals surface area contributed by atoms with E-state index in [2.05, 4.69) is 6.92 Å². The molecule has 0 spiro atoms. The second-order valence-corrected chi connectivity index (χ2v) is 7.62. The van der Waals surface area contributed by atoms with Gasteiger partial charge in [-0.1, -0.05) is 50.5 Å². The molecule has 0 bridgehead atoms. The van der Waals surface area contributed by atoms with Crippen LogP contribution in [0.1, 0.15) is 68.3 Å². The molecular formula is C22H31NO4. The fraction of sp³-hybridized carbons (Fsp3) is 0.545. The van der Waals surface area contributed by atoms with Crippen molar-refractivity contribution in [3.8, 4) is 0 Å². The maximum atomic E-state index is 12.2. The van der Waals surface area contributed by atoms with Crippen LogP contribution in [0.15, 0.2) is 36.4 Å². The summed E-state index contributed by atoms with van der Waals surface area (Å²) in [6.07, 6.45) is 9.77. The highest BCUT2D eigenvalue weighted by atomic mass is 16.4. The first-order valence-electron chi connectivity index (χ1n) is 9.86. The van der Waals surface area contributed by atoms with Crippen molar-refractivity contribution in [2.24, 2.45) is 0 Å². The third kappa shape index (κ3) is 6.51. The van der Waals surface area contributed by atoms with E-state index >= 15 is 0 Å². The van der Waals surface area contributed by atoms with E-state index < -0.39 is 11.6 Å². The van der Waals surface area contributed by atoms with E-state index in [0.717, 1.165) is 37.7 Å². The second-order valence-electron chi connectivity index (χ2n) is 7.62. The number of amides is 1. The summed E-state index contributed by atoms with van der Waals surface area (Å²) in [4.78, 5) is 25.0. The van der Waals surface area contributed by atoms with Crippen LogP contribution in [-0.4, -0.2) is 45.2 Å². The number of carbonyl (C=O) groups is 2. The number of aliphatic hydroxyl groups is 1. The van der Waals surface area contributed by atoms with E-state index in [1.54, 1.807) is 24.3 Å². The molecule has 148 valence electrons. The van der Waals surface area contributed by atoms with Crippen molar-refractivity contribution < 1.29 is 19.8 Å². The van der Waals surface area contributed by atoms with Crippen molar-refractivity contribution in [3.63, 3.8) is 0 Å². The molecule has 0 aliphatic carbocycles. The Morgan fingerprint density at radius 2 is 2.00 bits per heavy atom. The Bertz CT molecular complexity index is 663. The monoisotopic (exact) mass is 373 g/mol. The Morgan fingerprint density at radius 3 is 2.63 bits per heavy atom. The van der Waals surface area contributed by atoms with Crippen LogP contribution in [0.25, 0.3) is 0 Å². The van der Waals surface area contributed by atoms with E-state index in [1.165, 1.54) is 0 Å². The molecule has 1 saturated heterocycles. The van der Waals surface area contributed by atoms with Gasteiger partial charge in [-0.25, -0.2) is 4.79 Å². The molecular weight excluding hydrogens is 342 g/mol. The maximum absolute atomic E-state index is 12.2. The van der Waals surface area contributed by atoms with Gasteiger partial charge in [0.25, 0.3) is 0 Å². The van der Waals surface area contributed by atoms with E-state index in [4.69, 9.17) is 5.11 Å². The Labute approximate surface area is 161 Å². The average Bonchev–Trinajstić information content (AvgIpc) is 2.98. The Balaban J connectivity index is 1.93. The van der Waals surface area contributed by atoms with Crippen LogP contribution in [0, 0.1) is 0 Å². The van der Waals surface area contributed by atoms with Crippen LogP contribution >= 0.6 is 0 Å². The van der Waals surface area contributed by atoms with Crippen LogP contribution < -0.4 is 0 Å². The highest BCUT2D eigenvalue weighted by Crippen LogP contribution is 2.23. The minimum absolute atomic E-state index is 0.0217. The number of carboxylic acids is 1. The predicted octanol–water partition coefficient (Wildman–Crippen LogP) is 3.81. The summed E-state index contributed by atoms with van der Waals surface area (Å²) in [6.45, 7) is 4.56. The van der Waals surface area contributed by atoms with E-state index in [1.807, 2.05) is 24.0 Å². The first kappa shape index (κ1) is 21.2. The zero-order valence-corrected chi connectivity index (χ0v) is 16.4. The number of nitrogens with zero attached hydrogens (tertiary/aromatic N) is 1. The van der Waals surface area contributed by atoms with Crippen LogP contribution in [0.3, 0.4) is 0 Å². The van der Waals surface area contributed by atoms with Crippen molar-refractivity contribution >= 4 is 11.9 Å². The minimum atomic E-state index is -0.938. The molecule has 1 heterocycles. The highest BCUT2D eigenvalue weighted by molar-refractivity contribution is 5.87. The Kier molecular flexibility index (Phi) is 7.60. The zero-order valence-electron chi connectivity index (χ0n) is 16.4. The number of carbonyl (C=O) groups excluding carboxylic acids is 1. The number of hydrogen-bond acceptors (Lipinski definition) is 3. The van der Waals surface area contributed by atoms with Crippen molar-refractivity contribution in [3.05, 3.63) is 47.5 Å². The molecule has 2 rings (SSSR count). The molecule has 0 aromatic heterocycles. The van der Waals surface area contributed by atoms with Crippen LogP contribution in [0.4, 0.5) is 0 Å². The number of aromatic carboxylic acids is 1. The van der Waals surface area contributed by atoms with Crippen molar-refractivity contribution in [2.75, 3.05) is 6.54 Å². The van der Waals surface area contributed by atoms with Crippen molar-refractivity contribution in [1.29, 1.82) is 0 Å². The summed E-state index contributed by atoms with van der Waals surface area (Å²) >= 11 is 0. The van der Waals surface area contributed by atoms with Gasteiger partial charge in [0.05, 0.1) is 17.2 Å². The summed E-state index contributed by atoms with van der Waals surface area (Å²) in [5.41, 5.74) is 0.440. The molecule has 1 aromatic rings. The van der Waals surface area contributed by atoms with Crippen molar-refractivity contribution in [1.82, 2.24) is 4.90 Å². The molecule has 0 radical (unpaired) electrons. The van der Waals surface area contributed by atoms with Gasteiger partial charge in [0.1, 0.15) is 0 Å². The molecule has 1 aromatic carbocycles. The number of rotatable bonds is 10. The number of carboxylic acid groups (broad SMARTS) is 1.